The van der Waals surface area contributed by atoms with Gasteiger partial charge in [0.25, 0.3) is 0 Å². The van der Waals surface area contributed by atoms with Gasteiger partial charge < -0.3 is 5.32 Å². The van der Waals surface area contributed by atoms with Crippen LogP contribution in [0.5, 0.6) is 0 Å². The van der Waals surface area contributed by atoms with Crippen molar-refractivity contribution in [1.82, 2.24) is 5.32 Å². The van der Waals surface area contributed by atoms with Crippen LogP contribution in [0.2, 0.25) is 0 Å². The van der Waals surface area contributed by atoms with Crippen molar-refractivity contribution in [2.45, 2.75) is 59.4 Å². The summed E-state index contributed by atoms with van der Waals surface area (Å²) < 4.78 is 0. The van der Waals surface area contributed by atoms with Crippen LogP contribution in [0.1, 0.15) is 53.4 Å². The van der Waals surface area contributed by atoms with Gasteiger partial charge in [-0.25, -0.2) is 0 Å². The van der Waals surface area contributed by atoms with E-state index in [9.17, 15) is 0 Å². The maximum Gasteiger partial charge on any atom is 0.00722 e. The number of hydrogen-bond donors (Lipinski definition) is 1. The first-order valence-corrected chi connectivity index (χ1v) is 5.74. The van der Waals surface area contributed by atoms with Gasteiger partial charge in [0.15, 0.2) is 0 Å². The lowest BCUT2D eigenvalue weighted by atomic mass is 9.83. The topological polar surface area (TPSA) is 12.0 Å². The van der Waals surface area contributed by atoms with Crippen LogP contribution in [-0.2, 0) is 0 Å². The molecule has 13 heavy (non-hydrogen) atoms. The molecule has 0 bridgehead atoms. The molecule has 1 saturated heterocycles. The second-order valence-electron chi connectivity index (χ2n) is 5.72. The van der Waals surface area contributed by atoms with Crippen LogP contribution in [0.25, 0.3) is 0 Å². The molecule has 1 heteroatoms. The third kappa shape index (κ3) is 4.12. The lowest BCUT2D eigenvalue weighted by Gasteiger charge is -2.33. The minimum Gasteiger partial charge on any atom is -0.314 e. The third-order valence-electron chi connectivity index (χ3n) is 3.05. The predicted molar refractivity (Wildman–Crippen MR) is 58.9 cm³/mol. The second-order valence-corrected chi connectivity index (χ2v) is 5.72. The fourth-order valence-electron chi connectivity index (χ4n) is 2.24. The zero-order chi connectivity index (χ0) is 9.90. The molecule has 1 nitrogen and oxygen atoms in total. The molecule has 0 saturated carbocycles. The average Bonchev–Trinajstić information content (AvgIpc) is 2.03. The van der Waals surface area contributed by atoms with Gasteiger partial charge in [-0.05, 0) is 37.1 Å². The van der Waals surface area contributed by atoms with E-state index in [4.69, 9.17) is 0 Å². The SMILES string of the molecule is CCC1CCC(CC(C)(C)C)NC1. The van der Waals surface area contributed by atoms with Crippen LogP contribution in [-0.4, -0.2) is 12.6 Å². The van der Waals surface area contributed by atoms with Gasteiger partial charge in [-0.2, -0.15) is 0 Å². The Balaban J connectivity index is 2.25. The summed E-state index contributed by atoms with van der Waals surface area (Å²) in [6.45, 7) is 10.6. The minimum atomic E-state index is 0.483. The van der Waals surface area contributed by atoms with Crippen molar-refractivity contribution in [2.24, 2.45) is 11.3 Å². The van der Waals surface area contributed by atoms with E-state index in [0.717, 1.165) is 12.0 Å². The molecule has 0 spiro atoms. The molecule has 0 aliphatic carbocycles. The lowest BCUT2D eigenvalue weighted by molar-refractivity contribution is 0.236. The summed E-state index contributed by atoms with van der Waals surface area (Å²) in [5.74, 6) is 0.941. The summed E-state index contributed by atoms with van der Waals surface area (Å²) in [5.41, 5.74) is 0.483. The van der Waals surface area contributed by atoms with Crippen LogP contribution in [0, 0.1) is 11.3 Å². The van der Waals surface area contributed by atoms with Crippen LogP contribution in [0.15, 0.2) is 0 Å². The first kappa shape index (κ1) is 11.0. The monoisotopic (exact) mass is 183 g/mol. The van der Waals surface area contributed by atoms with Gasteiger partial charge in [-0.15, -0.1) is 0 Å². The summed E-state index contributed by atoms with van der Waals surface area (Å²) in [7, 11) is 0. The highest BCUT2D eigenvalue weighted by molar-refractivity contribution is 4.80. The summed E-state index contributed by atoms with van der Waals surface area (Å²) in [6.07, 6.45) is 5.48. The lowest BCUT2D eigenvalue weighted by Crippen LogP contribution is -2.40. The molecule has 78 valence electrons. The smallest absolute Gasteiger partial charge is 0.00722 e. The minimum absolute atomic E-state index is 0.483. The molecular weight excluding hydrogens is 158 g/mol. The van der Waals surface area contributed by atoms with Gasteiger partial charge in [0.05, 0.1) is 0 Å². The maximum atomic E-state index is 3.68. The van der Waals surface area contributed by atoms with Crippen molar-refractivity contribution in [3.05, 3.63) is 0 Å². The normalized spacial score (nSPS) is 30.5. The molecule has 2 atom stereocenters. The number of nitrogens with one attached hydrogen (secondary N) is 1. The van der Waals surface area contributed by atoms with Crippen molar-refractivity contribution in [2.75, 3.05) is 6.54 Å². The van der Waals surface area contributed by atoms with Crippen LogP contribution in [0.4, 0.5) is 0 Å². The third-order valence-corrected chi connectivity index (χ3v) is 3.05. The summed E-state index contributed by atoms with van der Waals surface area (Å²) in [4.78, 5) is 0. The quantitative estimate of drug-likeness (QED) is 0.693. The molecule has 1 heterocycles. The molecule has 0 aromatic heterocycles. The van der Waals surface area contributed by atoms with Gasteiger partial charge in [0.1, 0.15) is 0 Å². The fourth-order valence-corrected chi connectivity index (χ4v) is 2.24. The van der Waals surface area contributed by atoms with Gasteiger partial charge in [0.2, 0.25) is 0 Å². The van der Waals surface area contributed by atoms with Crippen molar-refractivity contribution in [3.63, 3.8) is 0 Å². The standard InChI is InChI=1S/C12H25N/c1-5-10-6-7-11(13-9-10)8-12(2,3)4/h10-11,13H,5-9H2,1-4H3. The molecule has 0 radical (unpaired) electrons. The van der Waals surface area contributed by atoms with E-state index in [2.05, 4.69) is 33.0 Å². The first-order chi connectivity index (χ1) is 6.01. The van der Waals surface area contributed by atoms with Gasteiger partial charge in [-0.1, -0.05) is 34.1 Å². The van der Waals surface area contributed by atoms with E-state index in [-0.39, 0.29) is 0 Å². The van der Waals surface area contributed by atoms with Gasteiger partial charge in [0, 0.05) is 6.04 Å². The highest BCUT2D eigenvalue weighted by atomic mass is 14.9. The number of hydrogen-bond acceptors (Lipinski definition) is 1. The Morgan fingerprint density at radius 2 is 1.92 bits per heavy atom. The van der Waals surface area contributed by atoms with Crippen LogP contribution < -0.4 is 5.32 Å². The van der Waals surface area contributed by atoms with Crippen molar-refractivity contribution >= 4 is 0 Å². The van der Waals surface area contributed by atoms with E-state index in [1.807, 2.05) is 0 Å². The van der Waals surface area contributed by atoms with Gasteiger partial charge >= 0.3 is 0 Å². The molecule has 1 aliphatic rings. The Morgan fingerprint density at radius 1 is 1.23 bits per heavy atom. The molecule has 1 fully saturated rings. The predicted octanol–water partition coefficient (Wildman–Crippen LogP) is 3.20. The molecule has 2 unspecified atom stereocenters. The average molecular weight is 183 g/mol. The van der Waals surface area contributed by atoms with Crippen LogP contribution in [0.3, 0.4) is 0 Å². The molecule has 0 amide bonds. The Morgan fingerprint density at radius 3 is 2.31 bits per heavy atom. The first-order valence-electron chi connectivity index (χ1n) is 5.74. The Bertz CT molecular complexity index is 138. The zero-order valence-electron chi connectivity index (χ0n) is 9.69. The van der Waals surface area contributed by atoms with Crippen molar-refractivity contribution in [1.29, 1.82) is 0 Å². The maximum absolute atomic E-state index is 3.68. The fraction of sp³-hybridized carbons (Fsp3) is 1.00. The largest absolute Gasteiger partial charge is 0.314 e. The Kier molecular flexibility index (Phi) is 3.78. The van der Waals surface area contributed by atoms with E-state index in [0.29, 0.717) is 5.41 Å². The van der Waals surface area contributed by atoms with Crippen molar-refractivity contribution < 1.29 is 0 Å². The summed E-state index contributed by atoms with van der Waals surface area (Å²) in [5, 5.41) is 3.68. The van der Waals surface area contributed by atoms with Crippen molar-refractivity contribution in [3.8, 4) is 0 Å². The molecule has 1 N–H and O–H groups in total. The number of piperidine rings is 1. The van der Waals surface area contributed by atoms with E-state index in [1.54, 1.807) is 0 Å². The molecule has 0 aromatic rings. The van der Waals surface area contributed by atoms with Gasteiger partial charge in [-0.3, -0.25) is 0 Å². The summed E-state index contributed by atoms with van der Waals surface area (Å²) in [6, 6.07) is 0.780. The Labute approximate surface area is 83.3 Å². The second kappa shape index (κ2) is 4.45. The molecule has 0 aromatic carbocycles. The van der Waals surface area contributed by atoms with E-state index < -0.39 is 0 Å². The van der Waals surface area contributed by atoms with Crippen LogP contribution >= 0.6 is 0 Å². The molecule has 1 rings (SSSR count). The number of rotatable bonds is 2. The van der Waals surface area contributed by atoms with E-state index in [1.165, 1.54) is 32.2 Å². The molecule has 1 aliphatic heterocycles. The zero-order valence-corrected chi connectivity index (χ0v) is 9.69. The highest BCUT2D eigenvalue weighted by Crippen LogP contribution is 2.26. The molecular formula is C12H25N. The Hall–Kier alpha value is -0.0400. The summed E-state index contributed by atoms with van der Waals surface area (Å²) >= 11 is 0. The highest BCUT2D eigenvalue weighted by Gasteiger charge is 2.23. The van der Waals surface area contributed by atoms with E-state index >= 15 is 0 Å².